The number of carbonyl (C=O) groups is 31. The second-order valence-electron chi connectivity index (χ2n) is 30.5. The summed E-state index contributed by atoms with van der Waals surface area (Å²) in [6.07, 6.45) is 6.38. The Bertz CT molecular complexity index is 3960. The molecule has 0 bridgehead atoms. The first-order chi connectivity index (χ1) is 65.8. The molecule has 0 radical (unpaired) electrons. The second-order valence-corrected chi connectivity index (χ2v) is 32.6. The van der Waals surface area contributed by atoms with E-state index >= 15 is 0 Å². The molecule has 0 heterocycles. The summed E-state index contributed by atoms with van der Waals surface area (Å²) in [6, 6.07) is -9.84. The number of aliphatic carboxylic acids is 10. The molecule has 56 heteroatoms. The first kappa shape index (κ1) is 150. The largest absolute Gasteiger partial charge is 0.480 e. The van der Waals surface area contributed by atoms with E-state index in [1.807, 2.05) is 0 Å². The summed E-state index contributed by atoms with van der Waals surface area (Å²) in [5.74, 6) is -19.8. The lowest BCUT2D eigenvalue weighted by Gasteiger charge is -2.06. The van der Waals surface area contributed by atoms with Crippen molar-refractivity contribution < 1.29 is 209 Å². The number of thioether (sulfide) groups is 2. The highest BCUT2D eigenvalue weighted by Crippen LogP contribution is 2.12. The molecule has 0 fully saturated rings. The van der Waals surface area contributed by atoms with Crippen LogP contribution in [0.4, 0.5) is 0 Å². The van der Waals surface area contributed by atoms with Gasteiger partial charge in [-0.15, -0.1) is 0 Å². The van der Waals surface area contributed by atoms with Crippen LogP contribution in [-0.4, -0.2) is 323 Å². The van der Waals surface area contributed by atoms with Crippen molar-refractivity contribution in [1.29, 1.82) is 0 Å². The number of ether oxygens (including phenoxy) is 2. The maximum Gasteiger partial charge on any atom is 0.374 e. The lowest BCUT2D eigenvalue weighted by Crippen LogP contribution is -2.35. The van der Waals surface area contributed by atoms with Crippen LogP contribution in [0.3, 0.4) is 0 Å². The Labute approximate surface area is 831 Å². The zero-order valence-electron chi connectivity index (χ0n) is 81.6. The molecule has 1 amide bonds. The van der Waals surface area contributed by atoms with Gasteiger partial charge in [-0.2, -0.15) is 0 Å². The third kappa shape index (κ3) is 105. The monoisotopic (exact) mass is 2090 g/mol. The van der Waals surface area contributed by atoms with E-state index in [9.17, 15) is 149 Å². The Kier molecular flexibility index (Phi) is 96.4. The molecule has 0 rings (SSSR count). The van der Waals surface area contributed by atoms with Gasteiger partial charge in [0.1, 0.15) is 120 Å². The van der Waals surface area contributed by atoms with Gasteiger partial charge in [-0.05, 0) is 130 Å². The summed E-state index contributed by atoms with van der Waals surface area (Å²) < 4.78 is 8.98. The van der Waals surface area contributed by atoms with E-state index in [4.69, 9.17) is 108 Å². The zero-order chi connectivity index (χ0) is 114. The normalized spacial score (nSPS) is 12.0. The average molecular weight is 2090 g/mol. The highest BCUT2D eigenvalue weighted by atomic mass is 32.2. The molecular weight excluding hydrogens is 1950 g/mol. The van der Waals surface area contributed by atoms with E-state index in [0.717, 1.165) is 37.4 Å². The predicted octanol–water partition coefficient (Wildman–Crippen LogP) is -2.12. The van der Waals surface area contributed by atoms with Crippen LogP contribution in [0.2, 0.25) is 0 Å². The van der Waals surface area contributed by atoms with Crippen LogP contribution in [0.15, 0.2) is 12.2 Å². The number of hydrogen-bond acceptors (Lipinski definition) is 45. The number of hydrogen-bond donors (Lipinski definition) is 21. The number of rotatable bonds is 66. The minimum Gasteiger partial charge on any atom is -0.480 e. The van der Waals surface area contributed by atoms with Gasteiger partial charge in [0.15, 0.2) is 5.12 Å². The zero-order valence-corrected chi connectivity index (χ0v) is 83.2. The molecule has 10 unspecified atom stereocenters. The SMILES string of the molecule is C=C(C)C(=O)C(=O)CCCC(N)C(=O)O.CC(=O)C(=O)C(=O)CCCCC(N)C(=O)O.CC(=O)C(=O)NCCCCC(N)C(=O)O.CC(=O)C(=O)OCCCCC(N)C(=O)O.CC(=O)C(=O)SCCCCC(N)C(=O)O.CC(=O)CC(=O)CCC(N)C(=O)O.CC(=O)CC(=O)OCC(N)C(=O)O.CC(=O)CC(=O)SCC(N)C(=O)O.CCC(=O)CC(=O)CCC(N)C(=O)O.CCC(=O)CC(=O)CCC(N)C(=O)O. The Morgan fingerprint density at radius 3 is 0.930 bits per heavy atom. The molecule has 54 nitrogen and oxygen atoms in total. The summed E-state index contributed by atoms with van der Waals surface area (Å²) >= 11 is 1.74. The van der Waals surface area contributed by atoms with Gasteiger partial charge in [0.05, 0.1) is 32.3 Å². The topological polar surface area (TPSA) is 1020 Å². The summed E-state index contributed by atoms with van der Waals surface area (Å²) in [5, 5.41) is 85.8. The molecule has 814 valence electrons. The Morgan fingerprint density at radius 1 is 0.301 bits per heavy atom. The summed E-state index contributed by atoms with van der Waals surface area (Å²) in [5.41, 5.74) is 52.2. The number of carboxylic acid groups (broad SMARTS) is 10. The lowest BCUT2D eigenvalue weighted by molar-refractivity contribution is -0.153. The summed E-state index contributed by atoms with van der Waals surface area (Å²) in [7, 11) is 0. The van der Waals surface area contributed by atoms with E-state index < -0.39 is 196 Å². The number of carboxylic acids is 10. The molecule has 0 spiro atoms. The molecule has 0 aromatic heterocycles. The Morgan fingerprint density at radius 2 is 0.615 bits per heavy atom. The van der Waals surface area contributed by atoms with E-state index in [1.165, 1.54) is 41.5 Å². The molecule has 0 aromatic rings. The van der Waals surface area contributed by atoms with Crippen molar-refractivity contribution in [3.63, 3.8) is 0 Å². The third-order valence-corrected chi connectivity index (χ3v) is 18.8. The van der Waals surface area contributed by atoms with Crippen LogP contribution in [-0.2, 0) is 158 Å². The number of Topliss-reactive ketones (excluding diaryl/α,β-unsaturated/α-hetero) is 16. The minimum absolute atomic E-state index is 0.00144. The number of amides is 1. The third-order valence-electron chi connectivity index (χ3n) is 16.7. The van der Waals surface area contributed by atoms with Crippen LogP contribution >= 0.6 is 23.5 Å². The lowest BCUT2D eigenvalue weighted by atomic mass is 10.0. The molecule has 143 heavy (non-hydrogen) atoms. The van der Waals surface area contributed by atoms with E-state index in [2.05, 4.69) is 21.4 Å². The number of unbranched alkanes of at least 4 members (excludes halogenated alkanes) is 4. The molecule has 0 aliphatic rings. The Hall–Kier alpha value is -12.8. The van der Waals surface area contributed by atoms with Crippen LogP contribution in [0.25, 0.3) is 0 Å². The van der Waals surface area contributed by atoms with Gasteiger partial charge in [0, 0.05) is 90.7 Å². The van der Waals surface area contributed by atoms with Gasteiger partial charge in [-0.1, -0.05) is 56.8 Å². The maximum absolute atomic E-state index is 11.1. The standard InChI is InChI=1S/C10H15NO5.C10H15NO4.C9H16N2O4.C9H15NO5.C9H15NO4S.2C9H15NO4.C8H13NO4.C7H11NO5.C7H11NO4S/c1-6(12)9(14)8(13)5-3-2-4-7(11)10(15)16;1-6(2)9(13)8(12)5-3-4-7(11)10(14)15;1-6(12)8(13)11-5-3-2-4-7(10)9(14)15;2*1-6(11)9(14)15-5-3-2-4-7(10)8(12)13;2*1-2-6(11)5-7(12)3-4-8(10)9(13)14;1-5(10)4-6(11)2-3-7(9)8(12)13;2*1-4(9)2-6(10)13-3-5(8)7(11)12/h7H,2-5,11H2,1H3,(H,15,16);7H,1,3-5,11H2,2H3,(H,14,15);7H,2-5,10H2,1H3,(H,11,13)(H,14,15);2*7H,2-5,10H2,1H3,(H,12,13);2*8H,2-5,10H2,1H3,(H,13,14);7H,2-4,9H2,1H3,(H,12,13);2*5H,2-3,8H2,1H3,(H,11,12). The van der Waals surface area contributed by atoms with Crippen LogP contribution < -0.4 is 62.7 Å². The number of esters is 2. The van der Waals surface area contributed by atoms with Gasteiger partial charge in [0.25, 0.3) is 16.8 Å². The second kappa shape index (κ2) is 91.7. The van der Waals surface area contributed by atoms with Gasteiger partial charge >= 0.3 is 71.6 Å². The van der Waals surface area contributed by atoms with Crippen molar-refractivity contribution in [2.45, 2.75) is 316 Å². The van der Waals surface area contributed by atoms with E-state index in [1.54, 1.807) is 13.8 Å². The predicted molar refractivity (Wildman–Crippen MR) is 506 cm³/mol. The maximum atomic E-state index is 11.1. The molecule has 0 saturated heterocycles. The molecule has 0 saturated carbocycles. The van der Waals surface area contributed by atoms with Gasteiger partial charge in [0.2, 0.25) is 40.5 Å². The summed E-state index contributed by atoms with van der Waals surface area (Å²) in [4.78, 5) is 329. The summed E-state index contributed by atoms with van der Waals surface area (Å²) in [6.45, 7) is 16.7. The van der Waals surface area contributed by atoms with Crippen molar-refractivity contribution >= 4 is 204 Å². The highest BCUT2D eigenvalue weighted by Gasteiger charge is 2.24. The van der Waals surface area contributed by atoms with Crippen molar-refractivity contribution in [3.8, 4) is 0 Å². The molecule has 0 aliphatic heterocycles. The Balaban J connectivity index is -0.000000172. The van der Waals surface area contributed by atoms with Crippen molar-refractivity contribution in [2.75, 3.05) is 31.3 Å². The number of allylic oxidation sites excluding steroid dienone is 1. The molecule has 10 atom stereocenters. The fourth-order valence-corrected chi connectivity index (χ4v) is 9.81. The minimum atomic E-state index is -1.25. The number of nitrogens with two attached hydrogens (primary N) is 10. The van der Waals surface area contributed by atoms with E-state index in [-0.39, 0.29) is 166 Å². The van der Waals surface area contributed by atoms with Crippen molar-refractivity contribution in [3.05, 3.63) is 12.2 Å². The number of nitrogens with one attached hydrogen (secondary N) is 1. The van der Waals surface area contributed by atoms with Gasteiger partial charge in [-0.25, -0.2) is 4.79 Å². The molecule has 31 N–H and O–H groups in total. The van der Waals surface area contributed by atoms with Crippen LogP contribution in [0.5, 0.6) is 0 Å². The quantitative estimate of drug-likeness (QED) is 0.0102. The fraction of sp³-hybridized carbons (Fsp3) is 0.621. The van der Waals surface area contributed by atoms with Crippen molar-refractivity contribution in [1.82, 2.24) is 5.32 Å². The van der Waals surface area contributed by atoms with Crippen LogP contribution in [0.1, 0.15) is 255 Å². The molecule has 0 aromatic carbocycles. The first-order valence-electron chi connectivity index (χ1n) is 43.5. The average Bonchev–Trinajstić information content (AvgIpc) is 0.967. The smallest absolute Gasteiger partial charge is 0.374 e. The first-order valence-corrected chi connectivity index (χ1v) is 45.4. The number of carbonyl (C=O) groups excluding carboxylic acids is 21. The highest BCUT2D eigenvalue weighted by molar-refractivity contribution is 8.15. The number of ketones is 16. The van der Waals surface area contributed by atoms with Gasteiger partial charge in [-0.3, -0.25) is 144 Å². The fourth-order valence-electron chi connectivity index (χ4n) is 8.26. The van der Waals surface area contributed by atoms with E-state index in [0.29, 0.717) is 102 Å². The van der Waals surface area contributed by atoms with Crippen LogP contribution in [0, 0.1) is 0 Å². The molecule has 0 aliphatic carbocycles. The van der Waals surface area contributed by atoms with Gasteiger partial charge < -0.3 is 123 Å². The van der Waals surface area contributed by atoms with Crippen molar-refractivity contribution in [2.24, 2.45) is 57.3 Å². The molecular formula is C87H141N11O43S2.